The van der Waals surface area contributed by atoms with Crippen molar-refractivity contribution in [3.05, 3.63) is 42.0 Å². The van der Waals surface area contributed by atoms with E-state index in [4.69, 9.17) is 9.47 Å². The first-order chi connectivity index (χ1) is 20.7. The Labute approximate surface area is 260 Å². The number of nitrogens with zero attached hydrogens (tertiary/aromatic N) is 6. The van der Waals surface area contributed by atoms with E-state index in [-0.39, 0.29) is 48.1 Å². The summed E-state index contributed by atoms with van der Waals surface area (Å²) in [5, 5.41) is 8.47. The lowest BCUT2D eigenvalue weighted by molar-refractivity contribution is -0.142. The summed E-state index contributed by atoms with van der Waals surface area (Å²) in [5.74, 6) is -1.70. The lowest BCUT2D eigenvalue weighted by atomic mass is 9.91. The third kappa shape index (κ3) is 8.55. The van der Waals surface area contributed by atoms with Gasteiger partial charge in [0.15, 0.2) is 5.69 Å². The zero-order valence-electron chi connectivity index (χ0n) is 27.5. The summed E-state index contributed by atoms with van der Waals surface area (Å²) in [7, 11) is 0. The number of piperidine rings is 1. The zero-order chi connectivity index (χ0) is 32.8. The Kier molecular flexibility index (Phi) is 11.9. The molecule has 1 aromatic heterocycles. The molecule has 2 fully saturated rings. The normalized spacial score (nSPS) is 20.2. The van der Waals surface area contributed by atoms with Crippen LogP contribution in [0.15, 0.2) is 30.6 Å². The minimum atomic E-state index is -0.730. The van der Waals surface area contributed by atoms with E-state index in [9.17, 15) is 18.8 Å². The number of carbonyl (C=O) groups is 3. The third-order valence-electron chi connectivity index (χ3n) is 7.48. The van der Waals surface area contributed by atoms with Crippen LogP contribution in [-0.2, 0) is 14.3 Å². The van der Waals surface area contributed by atoms with E-state index in [1.165, 1.54) is 21.7 Å². The van der Waals surface area contributed by atoms with Crippen molar-refractivity contribution in [2.75, 3.05) is 45.9 Å². The van der Waals surface area contributed by atoms with Crippen molar-refractivity contribution in [3.63, 3.8) is 0 Å². The number of hydrogen-bond acceptors (Lipinski definition) is 7. The van der Waals surface area contributed by atoms with E-state index in [0.29, 0.717) is 45.0 Å². The Hall–Kier alpha value is -3.54. The van der Waals surface area contributed by atoms with Crippen molar-refractivity contribution in [3.8, 4) is 0 Å². The average molecular weight is 617 g/mol. The van der Waals surface area contributed by atoms with Gasteiger partial charge in [-0.25, -0.2) is 13.9 Å². The SMILES string of the molecule is C=C/C=C(F)\C(=C/C)n1nnc(C(=O)N(CC(C)C)[C@H]2C[C@@H](C(=O)N3CCOCC3)CN(C(=O)OC(C)(C)C)C2)c1C(C)C. The minimum absolute atomic E-state index is 0.0699. The molecule has 3 amide bonds. The minimum Gasteiger partial charge on any atom is -0.444 e. The van der Waals surface area contributed by atoms with Crippen LogP contribution in [0.4, 0.5) is 9.18 Å². The van der Waals surface area contributed by atoms with Gasteiger partial charge in [-0.1, -0.05) is 51.6 Å². The molecule has 44 heavy (non-hydrogen) atoms. The van der Waals surface area contributed by atoms with Crippen molar-refractivity contribution >= 4 is 23.6 Å². The van der Waals surface area contributed by atoms with Crippen LogP contribution in [0.1, 0.15) is 83.9 Å². The van der Waals surface area contributed by atoms with E-state index >= 15 is 0 Å². The maximum atomic E-state index is 15.0. The van der Waals surface area contributed by atoms with Crippen LogP contribution in [-0.4, -0.2) is 105 Å². The fourth-order valence-electron chi connectivity index (χ4n) is 5.61. The first kappa shape index (κ1) is 34.9. The molecule has 1 aromatic rings. The maximum Gasteiger partial charge on any atom is 0.410 e. The summed E-state index contributed by atoms with van der Waals surface area (Å²) in [6.45, 7) is 21.0. The van der Waals surface area contributed by atoms with Crippen LogP contribution >= 0.6 is 0 Å². The lowest BCUT2D eigenvalue weighted by Crippen LogP contribution is -2.58. The summed E-state index contributed by atoms with van der Waals surface area (Å²) in [5.41, 5.74) is -0.00589. The van der Waals surface area contributed by atoms with Crippen molar-refractivity contribution in [1.29, 1.82) is 0 Å². The number of ether oxygens (including phenoxy) is 2. The molecule has 0 aliphatic carbocycles. The molecule has 12 heteroatoms. The number of amides is 3. The monoisotopic (exact) mass is 616 g/mol. The lowest BCUT2D eigenvalue weighted by Gasteiger charge is -2.44. The number of carbonyl (C=O) groups excluding carboxylic acids is 3. The van der Waals surface area contributed by atoms with Crippen LogP contribution < -0.4 is 0 Å². The molecule has 3 rings (SSSR count). The Bertz CT molecular complexity index is 1260. The van der Waals surface area contributed by atoms with Crippen LogP contribution in [0.3, 0.4) is 0 Å². The number of aromatic nitrogens is 3. The fourth-order valence-corrected chi connectivity index (χ4v) is 5.61. The highest BCUT2D eigenvalue weighted by atomic mass is 19.1. The highest BCUT2D eigenvalue weighted by Crippen LogP contribution is 2.30. The second-order valence-electron chi connectivity index (χ2n) is 13.1. The van der Waals surface area contributed by atoms with E-state index in [2.05, 4.69) is 16.9 Å². The van der Waals surface area contributed by atoms with Crippen molar-refractivity contribution < 1.29 is 28.2 Å². The van der Waals surface area contributed by atoms with Gasteiger partial charge >= 0.3 is 6.09 Å². The molecule has 244 valence electrons. The Morgan fingerprint density at radius 2 is 1.80 bits per heavy atom. The average Bonchev–Trinajstić information content (AvgIpc) is 3.40. The number of halogens is 1. The van der Waals surface area contributed by atoms with Gasteiger partial charge in [-0.15, -0.1) is 5.10 Å². The van der Waals surface area contributed by atoms with Crippen molar-refractivity contribution in [2.45, 2.75) is 79.4 Å². The summed E-state index contributed by atoms with van der Waals surface area (Å²) >= 11 is 0. The standard InChI is InChI=1S/C32H49FN6O5/c1-10-12-25(33)26(11-2)39-28(22(5)6)27(34-35-39)30(41)38(18-21(3)4)24-17-23(29(40)36-13-15-43-16-14-36)19-37(20-24)31(42)44-32(7,8)9/h10-12,21-24H,1,13-20H2,2-9H3/b25-12+,26-11+/t23-,24+/m1/s1. The van der Waals surface area contributed by atoms with Crippen LogP contribution in [0, 0.1) is 11.8 Å². The van der Waals surface area contributed by atoms with Crippen LogP contribution in [0.2, 0.25) is 0 Å². The van der Waals surface area contributed by atoms with Gasteiger partial charge in [-0.05, 0) is 52.0 Å². The summed E-state index contributed by atoms with van der Waals surface area (Å²) < 4.78 is 27.5. The van der Waals surface area contributed by atoms with Crippen LogP contribution in [0.25, 0.3) is 5.70 Å². The Balaban J connectivity index is 2.05. The molecule has 0 aromatic carbocycles. The molecule has 2 aliphatic heterocycles. The summed E-state index contributed by atoms with van der Waals surface area (Å²) in [4.78, 5) is 46.5. The molecule has 0 radical (unpaired) electrons. The van der Waals surface area contributed by atoms with E-state index in [1.807, 2.05) is 27.7 Å². The highest BCUT2D eigenvalue weighted by Gasteiger charge is 2.42. The predicted octanol–water partition coefficient (Wildman–Crippen LogP) is 4.88. The van der Waals surface area contributed by atoms with Gasteiger partial charge in [0, 0.05) is 32.7 Å². The van der Waals surface area contributed by atoms with E-state index in [1.54, 1.807) is 43.6 Å². The number of hydrogen-bond donors (Lipinski definition) is 0. The number of morpholine rings is 1. The van der Waals surface area contributed by atoms with Gasteiger partial charge in [0.25, 0.3) is 5.91 Å². The van der Waals surface area contributed by atoms with Crippen molar-refractivity contribution in [2.24, 2.45) is 11.8 Å². The van der Waals surface area contributed by atoms with Crippen LogP contribution in [0.5, 0.6) is 0 Å². The molecule has 0 bridgehead atoms. The topological polar surface area (TPSA) is 110 Å². The van der Waals surface area contributed by atoms with Gasteiger partial charge in [0.05, 0.1) is 36.6 Å². The number of rotatable bonds is 9. The quantitative estimate of drug-likeness (QED) is 0.364. The molecule has 0 saturated carbocycles. The zero-order valence-corrected chi connectivity index (χ0v) is 27.5. The van der Waals surface area contributed by atoms with E-state index in [0.717, 1.165) is 0 Å². The molecule has 3 heterocycles. The first-order valence-corrected chi connectivity index (χ1v) is 15.4. The molecular formula is C32H49FN6O5. The first-order valence-electron chi connectivity index (χ1n) is 15.4. The molecule has 2 atom stereocenters. The Morgan fingerprint density at radius 3 is 2.34 bits per heavy atom. The summed E-state index contributed by atoms with van der Waals surface area (Å²) in [6, 6.07) is -0.495. The van der Waals surface area contributed by atoms with Gasteiger partial charge in [-0.2, -0.15) is 0 Å². The molecule has 0 spiro atoms. The molecule has 0 unspecified atom stereocenters. The smallest absolute Gasteiger partial charge is 0.410 e. The second-order valence-corrected chi connectivity index (χ2v) is 13.1. The van der Waals surface area contributed by atoms with Gasteiger partial charge in [0.2, 0.25) is 5.91 Å². The molecule has 0 N–H and O–H groups in total. The molecular weight excluding hydrogens is 567 g/mol. The summed E-state index contributed by atoms with van der Waals surface area (Å²) in [6.07, 6.45) is 3.98. The maximum absolute atomic E-state index is 15.0. The number of allylic oxidation sites excluding steroid dienone is 5. The van der Waals surface area contributed by atoms with Gasteiger partial charge in [0.1, 0.15) is 11.4 Å². The number of likely N-dealkylation sites (tertiary alicyclic amines) is 1. The largest absolute Gasteiger partial charge is 0.444 e. The van der Waals surface area contributed by atoms with Crippen molar-refractivity contribution in [1.82, 2.24) is 29.7 Å². The fraction of sp³-hybridized carbons (Fsp3) is 0.656. The molecule has 2 saturated heterocycles. The molecule has 2 aliphatic rings. The third-order valence-corrected chi connectivity index (χ3v) is 7.48. The molecule has 11 nitrogen and oxygen atoms in total. The predicted molar refractivity (Wildman–Crippen MR) is 166 cm³/mol. The van der Waals surface area contributed by atoms with E-state index < -0.39 is 29.5 Å². The second kappa shape index (κ2) is 15.0. The van der Waals surface area contributed by atoms with Gasteiger partial charge in [-0.3, -0.25) is 9.59 Å². The Morgan fingerprint density at radius 1 is 1.14 bits per heavy atom. The van der Waals surface area contributed by atoms with Gasteiger partial charge < -0.3 is 24.2 Å². The highest BCUT2D eigenvalue weighted by molar-refractivity contribution is 5.94.